The number of methoxy groups -OCH3 is 1. The SMILES string of the molecule is CCCCCCCCCCCCCCCCO[C@H]1[C@H](O)[C@@H](CO)OC(OC)[C@@H]1OCCCCCCCCCCCCCCCC. The zero-order valence-electron chi connectivity index (χ0n) is 30.3. The first kappa shape index (κ1) is 42.8. The fourth-order valence-corrected chi connectivity index (χ4v) is 6.63. The predicted molar refractivity (Wildman–Crippen MR) is 189 cm³/mol. The quantitative estimate of drug-likeness (QED) is 0.0680. The fourth-order valence-electron chi connectivity index (χ4n) is 6.63. The maximum absolute atomic E-state index is 10.9. The third kappa shape index (κ3) is 22.9. The maximum Gasteiger partial charge on any atom is 0.186 e. The highest BCUT2D eigenvalue weighted by atomic mass is 16.7. The average molecular weight is 643 g/mol. The standard InChI is InChI=1S/C39H78O6/c1-4-6-8-10-12-14-16-18-20-22-24-26-28-30-32-43-37-36(41)35(34-40)45-39(42-3)38(37)44-33-31-29-27-25-23-21-19-17-15-13-11-9-7-5-2/h35-41H,4-34H2,1-3H3/t35-,36-,37+,38-,39?/m1/s1. The molecule has 0 spiro atoms. The summed E-state index contributed by atoms with van der Waals surface area (Å²) in [4.78, 5) is 0. The van der Waals surface area contributed by atoms with Crippen LogP contribution in [0.25, 0.3) is 0 Å². The summed E-state index contributed by atoms with van der Waals surface area (Å²) in [7, 11) is 1.59. The van der Waals surface area contributed by atoms with Gasteiger partial charge in [0.15, 0.2) is 6.29 Å². The van der Waals surface area contributed by atoms with Gasteiger partial charge in [0.05, 0.1) is 6.61 Å². The van der Waals surface area contributed by atoms with Gasteiger partial charge in [0, 0.05) is 20.3 Å². The fraction of sp³-hybridized carbons (Fsp3) is 1.00. The summed E-state index contributed by atoms with van der Waals surface area (Å²) in [5.74, 6) is 0. The Morgan fingerprint density at radius 3 is 1.09 bits per heavy atom. The second kappa shape index (κ2) is 32.3. The van der Waals surface area contributed by atoms with Crippen LogP contribution in [0.1, 0.15) is 194 Å². The largest absolute Gasteiger partial charge is 0.394 e. The van der Waals surface area contributed by atoms with Crippen LogP contribution in [0.2, 0.25) is 0 Å². The lowest BCUT2D eigenvalue weighted by Crippen LogP contribution is -2.60. The normalized spacial score (nSPS) is 21.9. The Morgan fingerprint density at radius 2 is 0.778 bits per heavy atom. The first-order valence-electron chi connectivity index (χ1n) is 19.9. The molecule has 2 N–H and O–H groups in total. The first-order valence-corrected chi connectivity index (χ1v) is 19.9. The minimum absolute atomic E-state index is 0.272. The van der Waals surface area contributed by atoms with E-state index in [1.165, 1.54) is 154 Å². The van der Waals surface area contributed by atoms with Crippen molar-refractivity contribution < 1.29 is 29.2 Å². The molecular weight excluding hydrogens is 564 g/mol. The Kier molecular flexibility index (Phi) is 30.7. The van der Waals surface area contributed by atoms with Gasteiger partial charge in [-0.3, -0.25) is 0 Å². The van der Waals surface area contributed by atoms with Crippen LogP contribution in [0, 0.1) is 0 Å². The summed E-state index contributed by atoms with van der Waals surface area (Å²) < 4.78 is 23.8. The highest BCUT2D eigenvalue weighted by Gasteiger charge is 2.46. The van der Waals surface area contributed by atoms with E-state index in [2.05, 4.69) is 13.8 Å². The zero-order valence-corrected chi connectivity index (χ0v) is 30.3. The van der Waals surface area contributed by atoms with Crippen molar-refractivity contribution in [2.45, 2.75) is 224 Å². The number of aliphatic hydroxyl groups is 2. The van der Waals surface area contributed by atoms with Crippen LogP contribution in [-0.2, 0) is 18.9 Å². The van der Waals surface area contributed by atoms with Gasteiger partial charge in [-0.15, -0.1) is 0 Å². The van der Waals surface area contributed by atoms with Crippen LogP contribution < -0.4 is 0 Å². The average Bonchev–Trinajstić information content (AvgIpc) is 3.05. The highest BCUT2D eigenvalue weighted by molar-refractivity contribution is 4.91. The van der Waals surface area contributed by atoms with Gasteiger partial charge in [0.2, 0.25) is 0 Å². The minimum atomic E-state index is -0.936. The molecule has 1 rings (SSSR count). The van der Waals surface area contributed by atoms with Crippen molar-refractivity contribution in [2.75, 3.05) is 26.9 Å². The third-order valence-electron chi connectivity index (χ3n) is 9.65. The molecule has 6 nitrogen and oxygen atoms in total. The highest BCUT2D eigenvalue weighted by Crippen LogP contribution is 2.27. The van der Waals surface area contributed by atoms with Gasteiger partial charge >= 0.3 is 0 Å². The molecule has 5 atom stereocenters. The molecule has 0 bridgehead atoms. The van der Waals surface area contributed by atoms with Crippen LogP contribution in [0.4, 0.5) is 0 Å². The molecule has 1 saturated heterocycles. The van der Waals surface area contributed by atoms with E-state index in [0.29, 0.717) is 13.2 Å². The van der Waals surface area contributed by atoms with E-state index in [4.69, 9.17) is 18.9 Å². The van der Waals surface area contributed by atoms with Gasteiger partial charge in [-0.05, 0) is 12.8 Å². The molecule has 0 aromatic rings. The number of unbranched alkanes of at least 4 members (excludes halogenated alkanes) is 26. The second-order valence-corrected chi connectivity index (χ2v) is 13.8. The number of hydrogen-bond acceptors (Lipinski definition) is 6. The summed E-state index contributed by atoms with van der Waals surface area (Å²) in [6.07, 6.45) is 33.6. The van der Waals surface area contributed by atoms with Gasteiger partial charge in [-0.25, -0.2) is 0 Å². The molecule has 0 aliphatic carbocycles. The van der Waals surface area contributed by atoms with Crippen LogP contribution in [-0.4, -0.2) is 67.8 Å². The Balaban J connectivity index is 2.16. The molecule has 45 heavy (non-hydrogen) atoms. The van der Waals surface area contributed by atoms with Crippen molar-refractivity contribution in [3.8, 4) is 0 Å². The number of ether oxygens (including phenoxy) is 4. The molecule has 1 unspecified atom stereocenters. The number of rotatable bonds is 34. The summed E-state index contributed by atoms with van der Waals surface area (Å²) in [6, 6.07) is 0. The number of aliphatic hydroxyl groups excluding tert-OH is 2. The van der Waals surface area contributed by atoms with Gasteiger partial charge in [-0.2, -0.15) is 0 Å². The first-order chi connectivity index (χ1) is 22.2. The Hall–Kier alpha value is -0.240. The van der Waals surface area contributed by atoms with Gasteiger partial charge in [-0.1, -0.05) is 181 Å². The van der Waals surface area contributed by atoms with Gasteiger partial charge in [0.25, 0.3) is 0 Å². The van der Waals surface area contributed by atoms with E-state index in [-0.39, 0.29) is 6.61 Å². The summed E-state index contributed by atoms with van der Waals surface area (Å²) in [5, 5.41) is 20.7. The zero-order chi connectivity index (χ0) is 32.6. The molecule has 6 heteroatoms. The molecule has 1 heterocycles. The van der Waals surface area contributed by atoms with Crippen LogP contribution in [0.5, 0.6) is 0 Å². The van der Waals surface area contributed by atoms with Crippen molar-refractivity contribution in [2.24, 2.45) is 0 Å². The lowest BCUT2D eigenvalue weighted by Gasteiger charge is -2.43. The molecule has 0 saturated carbocycles. The summed E-state index contributed by atoms with van der Waals surface area (Å²) >= 11 is 0. The molecule has 0 amide bonds. The van der Waals surface area contributed by atoms with Crippen molar-refractivity contribution >= 4 is 0 Å². The number of hydrogen-bond donors (Lipinski definition) is 2. The Bertz CT molecular complexity index is 590. The molecule has 0 aromatic carbocycles. The third-order valence-corrected chi connectivity index (χ3v) is 9.65. The monoisotopic (exact) mass is 643 g/mol. The van der Waals surface area contributed by atoms with Crippen molar-refractivity contribution in [3.05, 3.63) is 0 Å². The lowest BCUT2D eigenvalue weighted by molar-refractivity contribution is -0.310. The van der Waals surface area contributed by atoms with Crippen molar-refractivity contribution in [3.63, 3.8) is 0 Å². The molecule has 0 aromatic heterocycles. The van der Waals surface area contributed by atoms with E-state index in [0.717, 1.165) is 25.7 Å². The van der Waals surface area contributed by atoms with E-state index in [1.807, 2.05) is 0 Å². The van der Waals surface area contributed by atoms with Crippen molar-refractivity contribution in [1.29, 1.82) is 0 Å². The molecule has 1 aliphatic heterocycles. The predicted octanol–water partition coefficient (Wildman–Crippen LogP) is 10.4. The maximum atomic E-state index is 10.9. The molecule has 1 aliphatic rings. The van der Waals surface area contributed by atoms with Crippen LogP contribution >= 0.6 is 0 Å². The van der Waals surface area contributed by atoms with Crippen LogP contribution in [0.15, 0.2) is 0 Å². The van der Waals surface area contributed by atoms with Gasteiger partial charge in [0.1, 0.15) is 24.4 Å². The molecule has 0 radical (unpaired) electrons. The topological polar surface area (TPSA) is 77.4 Å². The van der Waals surface area contributed by atoms with E-state index < -0.39 is 30.7 Å². The lowest BCUT2D eigenvalue weighted by atomic mass is 9.98. The second-order valence-electron chi connectivity index (χ2n) is 13.8. The van der Waals surface area contributed by atoms with E-state index >= 15 is 0 Å². The van der Waals surface area contributed by atoms with Crippen molar-refractivity contribution in [1.82, 2.24) is 0 Å². The summed E-state index contributed by atoms with van der Waals surface area (Å²) in [5.41, 5.74) is 0. The Morgan fingerprint density at radius 1 is 0.467 bits per heavy atom. The summed E-state index contributed by atoms with van der Waals surface area (Å²) in [6.45, 7) is 5.46. The minimum Gasteiger partial charge on any atom is -0.394 e. The smallest absolute Gasteiger partial charge is 0.186 e. The van der Waals surface area contributed by atoms with Crippen LogP contribution in [0.3, 0.4) is 0 Å². The van der Waals surface area contributed by atoms with E-state index in [1.54, 1.807) is 7.11 Å². The molecule has 270 valence electrons. The molecule has 1 fully saturated rings. The van der Waals surface area contributed by atoms with E-state index in [9.17, 15) is 10.2 Å². The molecular formula is C39H78O6. The Labute approximate surface area is 280 Å². The van der Waals surface area contributed by atoms with Gasteiger partial charge < -0.3 is 29.2 Å².